The Balaban J connectivity index is 1.98. The van der Waals surface area contributed by atoms with Crippen LogP contribution in [0.1, 0.15) is 33.5 Å². The van der Waals surface area contributed by atoms with Crippen molar-refractivity contribution in [2.75, 3.05) is 4.90 Å². The highest BCUT2D eigenvalue weighted by molar-refractivity contribution is 6.07. The number of para-hydroxylation sites is 1. The fraction of sp³-hybridized carbons (Fsp3) is 0.200. The summed E-state index contributed by atoms with van der Waals surface area (Å²) in [4.78, 5) is 27.8. The molecule has 0 saturated carbocycles. The Bertz CT molecular complexity index is 645. The highest BCUT2D eigenvalue weighted by Gasteiger charge is 2.31. The first-order valence-electron chi connectivity index (χ1n) is 6.26. The van der Waals surface area contributed by atoms with Crippen molar-refractivity contribution in [3.63, 3.8) is 0 Å². The number of fused-ring (bicyclic) bond motifs is 1. The van der Waals surface area contributed by atoms with Gasteiger partial charge in [0.1, 0.15) is 5.69 Å². The van der Waals surface area contributed by atoms with Crippen LogP contribution in [0.3, 0.4) is 0 Å². The second-order valence-electron chi connectivity index (χ2n) is 4.80. The minimum absolute atomic E-state index is 0.0921. The molecule has 0 bridgehead atoms. The van der Waals surface area contributed by atoms with E-state index >= 15 is 0 Å². The van der Waals surface area contributed by atoms with Gasteiger partial charge in [0.25, 0.3) is 5.91 Å². The van der Waals surface area contributed by atoms with Gasteiger partial charge in [-0.2, -0.15) is 0 Å². The van der Waals surface area contributed by atoms with Crippen molar-refractivity contribution in [2.24, 2.45) is 0 Å². The second kappa shape index (κ2) is 4.39. The van der Waals surface area contributed by atoms with Crippen molar-refractivity contribution in [2.45, 2.75) is 19.4 Å². The normalized spacial score (nSPS) is 17.3. The van der Waals surface area contributed by atoms with Crippen molar-refractivity contribution in [1.29, 1.82) is 0 Å². The molecule has 3 rings (SSSR count). The van der Waals surface area contributed by atoms with E-state index in [0.717, 1.165) is 12.1 Å². The van der Waals surface area contributed by atoms with Crippen LogP contribution in [0, 0.1) is 0 Å². The van der Waals surface area contributed by atoms with Crippen LogP contribution in [0.2, 0.25) is 0 Å². The number of aromatic nitrogens is 1. The molecule has 1 unspecified atom stereocenters. The summed E-state index contributed by atoms with van der Waals surface area (Å²) >= 11 is 0. The molecule has 0 radical (unpaired) electrons. The summed E-state index contributed by atoms with van der Waals surface area (Å²) in [5, 5.41) is 0. The molecule has 1 atom stereocenters. The van der Waals surface area contributed by atoms with Crippen LogP contribution in [0.5, 0.6) is 0 Å². The van der Waals surface area contributed by atoms with Gasteiger partial charge in [0, 0.05) is 11.7 Å². The topological polar surface area (TPSA) is 53.2 Å². The van der Waals surface area contributed by atoms with E-state index in [1.807, 2.05) is 31.2 Å². The number of carbonyl (C=O) groups is 2. The fourth-order valence-electron chi connectivity index (χ4n) is 2.61. The van der Waals surface area contributed by atoms with E-state index in [0.29, 0.717) is 17.7 Å². The number of nitrogens with one attached hydrogen (secondary N) is 1. The molecule has 1 N–H and O–H groups in total. The van der Waals surface area contributed by atoms with Gasteiger partial charge in [-0.05, 0) is 37.1 Å². The van der Waals surface area contributed by atoms with Crippen molar-refractivity contribution in [1.82, 2.24) is 4.98 Å². The molecular weight excluding hydrogens is 240 g/mol. The predicted molar refractivity (Wildman–Crippen MR) is 72.6 cm³/mol. The largest absolute Gasteiger partial charge is 0.348 e. The van der Waals surface area contributed by atoms with Gasteiger partial charge >= 0.3 is 0 Å². The van der Waals surface area contributed by atoms with Crippen LogP contribution in [0.25, 0.3) is 0 Å². The molecule has 4 nitrogen and oxygen atoms in total. The third-order valence-electron chi connectivity index (χ3n) is 3.49. The first kappa shape index (κ1) is 11.7. The van der Waals surface area contributed by atoms with E-state index in [4.69, 9.17) is 0 Å². The molecule has 0 spiro atoms. The number of carbonyl (C=O) groups excluding carboxylic acids is 2. The number of nitrogens with zero attached hydrogens (tertiary/aromatic N) is 1. The van der Waals surface area contributed by atoms with Crippen LogP contribution in [-0.2, 0) is 6.42 Å². The fourth-order valence-corrected chi connectivity index (χ4v) is 2.61. The lowest BCUT2D eigenvalue weighted by atomic mass is 10.1. The van der Waals surface area contributed by atoms with Crippen molar-refractivity contribution in [3.05, 3.63) is 53.3 Å². The minimum Gasteiger partial charge on any atom is -0.348 e. The molecular formula is C15H14N2O2. The van der Waals surface area contributed by atoms with Gasteiger partial charge in [-0.25, -0.2) is 0 Å². The molecule has 0 saturated heterocycles. The maximum atomic E-state index is 12.5. The third-order valence-corrected chi connectivity index (χ3v) is 3.49. The van der Waals surface area contributed by atoms with E-state index in [-0.39, 0.29) is 11.9 Å². The Hall–Kier alpha value is -2.36. The van der Waals surface area contributed by atoms with Gasteiger partial charge in [-0.1, -0.05) is 18.2 Å². The molecule has 4 heteroatoms. The molecule has 1 aromatic heterocycles. The van der Waals surface area contributed by atoms with Crippen LogP contribution in [0.4, 0.5) is 5.69 Å². The first-order valence-corrected chi connectivity index (χ1v) is 6.26. The summed E-state index contributed by atoms with van der Waals surface area (Å²) in [7, 11) is 0. The molecule has 1 aromatic carbocycles. The van der Waals surface area contributed by atoms with Gasteiger partial charge < -0.3 is 9.88 Å². The zero-order valence-electron chi connectivity index (χ0n) is 10.6. The SMILES string of the molecule is CC1Cc2ccccc2N1C(=O)c1ccc(C=O)[nH]1. The lowest BCUT2D eigenvalue weighted by Crippen LogP contribution is -2.35. The summed E-state index contributed by atoms with van der Waals surface area (Å²) < 4.78 is 0. The number of rotatable bonds is 2. The highest BCUT2D eigenvalue weighted by atomic mass is 16.2. The Morgan fingerprint density at radius 1 is 1.32 bits per heavy atom. The molecule has 1 aliphatic rings. The first-order chi connectivity index (χ1) is 9.20. The van der Waals surface area contributed by atoms with Crippen LogP contribution < -0.4 is 4.90 Å². The predicted octanol–water partition coefficient (Wildman–Crippen LogP) is 2.42. The summed E-state index contributed by atoms with van der Waals surface area (Å²) in [6.07, 6.45) is 1.57. The number of aromatic amines is 1. The van der Waals surface area contributed by atoms with Gasteiger partial charge in [0.15, 0.2) is 6.29 Å². The smallest absolute Gasteiger partial charge is 0.274 e. The van der Waals surface area contributed by atoms with E-state index in [2.05, 4.69) is 4.98 Å². The summed E-state index contributed by atoms with van der Waals surface area (Å²) in [5.74, 6) is -0.0921. The maximum absolute atomic E-state index is 12.5. The molecule has 0 aliphatic carbocycles. The average molecular weight is 254 g/mol. The van der Waals surface area contributed by atoms with Gasteiger partial charge in [-0.3, -0.25) is 9.59 Å². The van der Waals surface area contributed by atoms with E-state index in [1.54, 1.807) is 17.0 Å². The Kier molecular flexibility index (Phi) is 2.71. The maximum Gasteiger partial charge on any atom is 0.274 e. The van der Waals surface area contributed by atoms with Crippen molar-refractivity contribution in [3.8, 4) is 0 Å². The van der Waals surface area contributed by atoms with Crippen LogP contribution >= 0.6 is 0 Å². The quantitative estimate of drug-likeness (QED) is 0.837. The number of hydrogen-bond donors (Lipinski definition) is 1. The third kappa shape index (κ3) is 1.85. The Labute approximate surface area is 111 Å². The number of anilines is 1. The molecule has 0 fully saturated rings. The molecule has 1 amide bonds. The molecule has 2 aromatic rings. The summed E-state index contributed by atoms with van der Waals surface area (Å²) in [6, 6.07) is 11.3. The second-order valence-corrected chi connectivity index (χ2v) is 4.80. The van der Waals surface area contributed by atoms with Gasteiger partial charge in [-0.15, -0.1) is 0 Å². The van der Waals surface area contributed by atoms with E-state index in [1.165, 1.54) is 5.56 Å². The lowest BCUT2D eigenvalue weighted by molar-refractivity contribution is 0.0977. The average Bonchev–Trinajstić information content (AvgIpc) is 3.01. The molecule has 2 heterocycles. The molecule has 19 heavy (non-hydrogen) atoms. The number of amides is 1. The van der Waals surface area contributed by atoms with Gasteiger partial charge in [0.05, 0.1) is 5.69 Å². The monoisotopic (exact) mass is 254 g/mol. The van der Waals surface area contributed by atoms with Crippen LogP contribution in [-0.4, -0.2) is 23.2 Å². The van der Waals surface area contributed by atoms with E-state index in [9.17, 15) is 9.59 Å². The number of aldehydes is 1. The zero-order valence-corrected chi connectivity index (χ0v) is 10.6. The number of H-pyrrole nitrogens is 1. The number of hydrogen-bond acceptors (Lipinski definition) is 2. The van der Waals surface area contributed by atoms with Crippen LogP contribution in [0.15, 0.2) is 36.4 Å². The van der Waals surface area contributed by atoms with Gasteiger partial charge in [0.2, 0.25) is 0 Å². The Morgan fingerprint density at radius 3 is 2.84 bits per heavy atom. The Morgan fingerprint density at radius 2 is 2.11 bits per heavy atom. The standard InChI is InChI=1S/C15H14N2O2/c1-10-8-11-4-2-3-5-14(11)17(10)15(19)13-7-6-12(9-18)16-13/h2-7,9-10,16H,8H2,1H3. The summed E-state index contributed by atoms with van der Waals surface area (Å²) in [6.45, 7) is 2.03. The zero-order chi connectivity index (χ0) is 13.4. The minimum atomic E-state index is -0.0921. The lowest BCUT2D eigenvalue weighted by Gasteiger charge is -2.22. The van der Waals surface area contributed by atoms with Crippen molar-refractivity contribution < 1.29 is 9.59 Å². The summed E-state index contributed by atoms with van der Waals surface area (Å²) in [5.41, 5.74) is 3.02. The van der Waals surface area contributed by atoms with E-state index < -0.39 is 0 Å². The molecule has 96 valence electrons. The highest BCUT2D eigenvalue weighted by Crippen LogP contribution is 2.32. The molecule has 1 aliphatic heterocycles. The van der Waals surface area contributed by atoms with Crippen molar-refractivity contribution >= 4 is 17.9 Å². The number of benzene rings is 1.